The molecule has 0 radical (unpaired) electrons. The second-order valence-electron chi connectivity index (χ2n) is 2.61. The molecule has 16 heavy (non-hydrogen) atoms. The number of hydrazine groups is 2. The summed E-state index contributed by atoms with van der Waals surface area (Å²) < 4.78 is 4.38. The van der Waals surface area contributed by atoms with Crippen LogP contribution in [0.4, 0.5) is 0 Å². The summed E-state index contributed by atoms with van der Waals surface area (Å²) in [5.74, 6) is -1.42. The zero-order valence-electron chi connectivity index (χ0n) is 8.51. The number of hydrogen-bond acceptors (Lipinski definition) is 8. The molecular formula is C7H8N6O3. The molecule has 9 nitrogen and oxygen atoms in total. The number of rotatable bonds is 2. The lowest BCUT2D eigenvalue weighted by molar-refractivity contribution is -0.136. The summed E-state index contributed by atoms with van der Waals surface area (Å²) >= 11 is 0. The third-order valence-corrected chi connectivity index (χ3v) is 1.50. The normalized spacial score (nSPS) is 16.2. The minimum absolute atomic E-state index is 0.135. The summed E-state index contributed by atoms with van der Waals surface area (Å²) in [5.41, 5.74) is 4.17. The highest BCUT2D eigenvalue weighted by Crippen LogP contribution is 2.14. The molecule has 0 spiro atoms. The van der Waals surface area contributed by atoms with Crippen LogP contribution in [0.5, 0.6) is 0 Å². The van der Waals surface area contributed by atoms with Crippen molar-refractivity contribution in [2.45, 2.75) is 6.92 Å². The van der Waals surface area contributed by atoms with Crippen molar-refractivity contribution in [2.24, 2.45) is 10.3 Å². The van der Waals surface area contributed by atoms with Gasteiger partial charge in [-0.1, -0.05) is 0 Å². The van der Waals surface area contributed by atoms with Crippen molar-refractivity contribution in [2.75, 3.05) is 7.11 Å². The number of hydrogen-bond donors (Lipinski definition) is 2. The maximum absolute atomic E-state index is 11.2. The van der Waals surface area contributed by atoms with Crippen LogP contribution in [0.15, 0.2) is 21.7 Å². The second-order valence-corrected chi connectivity index (χ2v) is 2.61. The third kappa shape index (κ3) is 2.24. The van der Waals surface area contributed by atoms with Gasteiger partial charge >= 0.3 is 5.97 Å². The lowest BCUT2D eigenvalue weighted by Crippen LogP contribution is -2.44. The number of nitrogens with zero attached hydrogens (tertiary/aromatic N) is 4. The SMILES string of the molecule is COC(=O)/C(C#N)=C1\N=NNN1NC(C)=O. The average molecular weight is 224 g/mol. The van der Waals surface area contributed by atoms with E-state index < -0.39 is 11.9 Å². The standard InChI is InChI=1S/C7H8N6O3/c1-4(14)10-13-6(9-11-12-13)5(3-8)7(15)16-2/h1-2H3,(H,9,12)(H,10,14)/b6-5+. The largest absolute Gasteiger partial charge is 0.465 e. The molecule has 0 aromatic heterocycles. The van der Waals surface area contributed by atoms with Crippen LogP contribution in [-0.4, -0.2) is 24.1 Å². The first kappa shape index (κ1) is 11.4. The van der Waals surface area contributed by atoms with Crippen LogP contribution >= 0.6 is 0 Å². The van der Waals surface area contributed by atoms with Crippen molar-refractivity contribution < 1.29 is 14.3 Å². The van der Waals surface area contributed by atoms with E-state index in [0.29, 0.717) is 0 Å². The minimum Gasteiger partial charge on any atom is -0.465 e. The number of esters is 1. The Kier molecular flexibility index (Phi) is 3.39. The van der Waals surface area contributed by atoms with E-state index in [1.54, 1.807) is 6.07 Å². The molecule has 1 heterocycles. The van der Waals surface area contributed by atoms with Crippen molar-refractivity contribution in [1.29, 1.82) is 5.26 Å². The van der Waals surface area contributed by atoms with E-state index in [1.807, 2.05) is 0 Å². The van der Waals surface area contributed by atoms with Gasteiger partial charge in [0.15, 0.2) is 5.57 Å². The lowest BCUT2D eigenvalue weighted by Gasteiger charge is -2.16. The number of carbonyl (C=O) groups excluding carboxylic acids is 2. The van der Waals surface area contributed by atoms with Crippen molar-refractivity contribution in [1.82, 2.24) is 16.1 Å². The monoisotopic (exact) mass is 224 g/mol. The Labute approximate surface area is 90.3 Å². The van der Waals surface area contributed by atoms with Crippen LogP contribution in [0.25, 0.3) is 0 Å². The smallest absolute Gasteiger partial charge is 0.352 e. The Hall–Kier alpha value is -2.63. The molecule has 0 aromatic rings. The molecule has 1 amide bonds. The number of nitriles is 1. The van der Waals surface area contributed by atoms with Gasteiger partial charge in [0.2, 0.25) is 11.7 Å². The van der Waals surface area contributed by atoms with E-state index in [1.165, 1.54) is 6.92 Å². The van der Waals surface area contributed by atoms with Crippen molar-refractivity contribution in [3.63, 3.8) is 0 Å². The molecule has 0 unspecified atom stereocenters. The fourth-order valence-electron chi connectivity index (χ4n) is 0.893. The summed E-state index contributed by atoms with van der Waals surface area (Å²) in [4.78, 5) is 22.0. The van der Waals surface area contributed by atoms with E-state index in [2.05, 4.69) is 26.0 Å². The predicted molar refractivity (Wildman–Crippen MR) is 48.3 cm³/mol. The van der Waals surface area contributed by atoms with Crippen LogP contribution in [0.1, 0.15) is 6.92 Å². The molecule has 0 saturated heterocycles. The van der Waals surface area contributed by atoms with Crippen molar-refractivity contribution in [3.05, 3.63) is 11.4 Å². The number of methoxy groups -OCH3 is 1. The van der Waals surface area contributed by atoms with E-state index in [4.69, 9.17) is 5.26 Å². The minimum atomic E-state index is -0.865. The average Bonchev–Trinajstić information content (AvgIpc) is 2.66. The van der Waals surface area contributed by atoms with E-state index in [-0.39, 0.29) is 11.4 Å². The van der Waals surface area contributed by atoms with Gasteiger partial charge in [0.05, 0.1) is 7.11 Å². The summed E-state index contributed by atoms with van der Waals surface area (Å²) in [6.07, 6.45) is 0. The predicted octanol–water partition coefficient (Wildman–Crippen LogP) is -0.867. The summed E-state index contributed by atoms with van der Waals surface area (Å²) in [6, 6.07) is 1.62. The molecule has 1 aliphatic heterocycles. The Morgan fingerprint density at radius 1 is 1.62 bits per heavy atom. The summed E-state index contributed by atoms with van der Waals surface area (Å²) in [7, 11) is 1.13. The summed E-state index contributed by atoms with van der Waals surface area (Å²) in [6.45, 7) is 1.25. The maximum Gasteiger partial charge on any atom is 0.352 e. The third-order valence-electron chi connectivity index (χ3n) is 1.50. The lowest BCUT2D eigenvalue weighted by atomic mass is 10.3. The molecular weight excluding hydrogens is 216 g/mol. The van der Waals surface area contributed by atoms with Crippen molar-refractivity contribution in [3.8, 4) is 6.07 Å². The number of ether oxygens (including phenoxy) is 1. The molecule has 1 rings (SSSR count). The second kappa shape index (κ2) is 4.74. The molecule has 84 valence electrons. The fraction of sp³-hybridized carbons (Fsp3) is 0.286. The number of carbonyl (C=O) groups is 2. The Bertz CT molecular complexity index is 420. The van der Waals surface area contributed by atoms with E-state index in [9.17, 15) is 9.59 Å². The topological polar surface area (TPSA) is 119 Å². The van der Waals surface area contributed by atoms with Crippen LogP contribution in [0, 0.1) is 11.3 Å². The highest BCUT2D eigenvalue weighted by atomic mass is 16.5. The maximum atomic E-state index is 11.2. The van der Waals surface area contributed by atoms with Gasteiger partial charge < -0.3 is 4.74 Å². The molecule has 9 heteroatoms. The summed E-state index contributed by atoms with van der Waals surface area (Å²) in [5, 5.41) is 16.6. The molecule has 2 N–H and O–H groups in total. The first-order valence-electron chi connectivity index (χ1n) is 4.06. The molecule has 0 bridgehead atoms. The first-order valence-corrected chi connectivity index (χ1v) is 4.06. The highest BCUT2D eigenvalue weighted by molar-refractivity contribution is 5.93. The van der Waals surface area contributed by atoms with E-state index >= 15 is 0 Å². The van der Waals surface area contributed by atoms with Gasteiger partial charge in [0.1, 0.15) is 6.07 Å². The van der Waals surface area contributed by atoms with Crippen LogP contribution in [0.2, 0.25) is 0 Å². The zero-order chi connectivity index (χ0) is 12.1. The van der Waals surface area contributed by atoms with Gasteiger partial charge in [-0.25, -0.2) is 10.2 Å². The highest BCUT2D eigenvalue weighted by Gasteiger charge is 2.25. The number of amides is 1. The quantitative estimate of drug-likeness (QED) is 0.357. The molecule has 0 aromatic carbocycles. The van der Waals surface area contributed by atoms with Crippen LogP contribution < -0.4 is 11.0 Å². The van der Waals surface area contributed by atoms with Gasteiger partial charge in [0, 0.05) is 6.92 Å². The van der Waals surface area contributed by atoms with Crippen LogP contribution in [0.3, 0.4) is 0 Å². The molecule has 0 aliphatic carbocycles. The molecule has 0 fully saturated rings. The molecule has 1 aliphatic rings. The molecule has 0 atom stereocenters. The van der Waals surface area contributed by atoms with Crippen LogP contribution in [-0.2, 0) is 14.3 Å². The number of nitrogens with one attached hydrogen (secondary N) is 2. The van der Waals surface area contributed by atoms with Gasteiger partial charge in [-0.2, -0.15) is 15.9 Å². The Morgan fingerprint density at radius 3 is 2.81 bits per heavy atom. The Morgan fingerprint density at radius 2 is 2.31 bits per heavy atom. The Balaban J connectivity index is 3.03. The van der Waals surface area contributed by atoms with Gasteiger partial charge in [-0.15, -0.1) is 5.11 Å². The zero-order valence-corrected chi connectivity index (χ0v) is 8.51. The van der Waals surface area contributed by atoms with Crippen molar-refractivity contribution >= 4 is 11.9 Å². The first-order chi connectivity index (χ1) is 7.60. The fourth-order valence-corrected chi connectivity index (χ4v) is 0.893. The van der Waals surface area contributed by atoms with Gasteiger partial charge in [-0.3, -0.25) is 4.79 Å². The van der Waals surface area contributed by atoms with Gasteiger partial charge in [0.25, 0.3) is 0 Å². The van der Waals surface area contributed by atoms with Gasteiger partial charge in [-0.05, 0) is 5.22 Å². The molecule has 0 saturated carbocycles. The van der Waals surface area contributed by atoms with E-state index in [0.717, 1.165) is 12.2 Å².